The normalized spacial score (nSPS) is 23.2. The molecular formula is C22H28N4O3. The van der Waals surface area contributed by atoms with Crippen LogP contribution in [0.5, 0.6) is 0 Å². The SMILES string of the molecule is CCCc1c(NC(=O)N2C[C@@H]3CCC[C@@]3(C(=O)O)C2)cnn1-c1ccccc1C. The molecule has 1 saturated heterocycles. The zero-order chi connectivity index (χ0) is 20.6. The van der Waals surface area contributed by atoms with Gasteiger partial charge in [0.15, 0.2) is 0 Å². The van der Waals surface area contributed by atoms with Gasteiger partial charge in [0.1, 0.15) is 0 Å². The molecule has 0 bridgehead atoms. The van der Waals surface area contributed by atoms with Crippen molar-refractivity contribution in [1.29, 1.82) is 0 Å². The third kappa shape index (κ3) is 3.28. The Bertz CT molecular complexity index is 938. The fraction of sp³-hybridized carbons (Fsp3) is 0.500. The Morgan fingerprint density at radius 2 is 2.14 bits per heavy atom. The Morgan fingerprint density at radius 3 is 2.83 bits per heavy atom. The molecule has 1 saturated carbocycles. The topological polar surface area (TPSA) is 87.5 Å². The van der Waals surface area contributed by atoms with Crippen molar-refractivity contribution in [2.24, 2.45) is 11.3 Å². The summed E-state index contributed by atoms with van der Waals surface area (Å²) >= 11 is 0. The fourth-order valence-corrected chi connectivity index (χ4v) is 4.95. The van der Waals surface area contributed by atoms with Crippen molar-refractivity contribution < 1.29 is 14.7 Å². The van der Waals surface area contributed by atoms with Gasteiger partial charge in [0.25, 0.3) is 0 Å². The number of anilines is 1. The molecule has 2 heterocycles. The van der Waals surface area contributed by atoms with E-state index >= 15 is 0 Å². The maximum absolute atomic E-state index is 13.0. The summed E-state index contributed by atoms with van der Waals surface area (Å²) < 4.78 is 1.89. The van der Waals surface area contributed by atoms with Crippen LogP contribution in [0.3, 0.4) is 0 Å². The van der Waals surface area contributed by atoms with Crippen molar-refractivity contribution in [3.63, 3.8) is 0 Å². The lowest BCUT2D eigenvalue weighted by atomic mass is 9.81. The number of carbonyl (C=O) groups is 2. The number of rotatable bonds is 5. The van der Waals surface area contributed by atoms with E-state index < -0.39 is 11.4 Å². The average molecular weight is 396 g/mol. The van der Waals surface area contributed by atoms with Gasteiger partial charge in [-0.25, -0.2) is 9.48 Å². The van der Waals surface area contributed by atoms with E-state index in [1.165, 1.54) is 0 Å². The Morgan fingerprint density at radius 1 is 1.34 bits per heavy atom. The number of carboxylic acid groups (broad SMARTS) is 1. The van der Waals surface area contributed by atoms with Gasteiger partial charge in [-0.3, -0.25) is 4.79 Å². The molecular weight excluding hydrogens is 368 g/mol. The van der Waals surface area contributed by atoms with E-state index in [0.717, 1.165) is 42.6 Å². The zero-order valence-corrected chi connectivity index (χ0v) is 17.0. The van der Waals surface area contributed by atoms with Crippen molar-refractivity contribution in [2.45, 2.75) is 46.0 Å². The number of urea groups is 1. The highest BCUT2D eigenvalue weighted by Crippen LogP contribution is 2.49. The van der Waals surface area contributed by atoms with Crippen LogP contribution in [-0.4, -0.2) is 44.9 Å². The maximum atomic E-state index is 13.0. The Balaban J connectivity index is 1.56. The monoisotopic (exact) mass is 396 g/mol. The number of carboxylic acids is 1. The van der Waals surface area contributed by atoms with E-state index in [0.29, 0.717) is 18.7 Å². The lowest BCUT2D eigenvalue weighted by molar-refractivity contribution is -0.149. The van der Waals surface area contributed by atoms with Gasteiger partial charge >= 0.3 is 12.0 Å². The molecule has 0 unspecified atom stereocenters. The van der Waals surface area contributed by atoms with Crippen LogP contribution in [0.1, 0.15) is 43.9 Å². The van der Waals surface area contributed by atoms with Crippen LogP contribution in [0.15, 0.2) is 30.5 Å². The summed E-state index contributed by atoms with van der Waals surface area (Å²) in [5, 5.41) is 17.3. The van der Waals surface area contributed by atoms with E-state index in [1.807, 2.05) is 35.9 Å². The molecule has 1 aliphatic heterocycles. The second-order valence-electron chi connectivity index (χ2n) is 8.31. The summed E-state index contributed by atoms with van der Waals surface area (Å²) in [6.07, 6.45) is 5.86. The second kappa shape index (κ2) is 7.54. The minimum absolute atomic E-state index is 0.0514. The number of likely N-dealkylation sites (tertiary alicyclic amines) is 1. The van der Waals surface area contributed by atoms with E-state index in [4.69, 9.17) is 0 Å². The third-order valence-corrected chi connectivity index (χ3v) is 6.52. The number of hydrogen-bond acceptors (Lipinski definition) is 3. The number of amides is 2. The van der Waals surface area contributed by atoms with Crippen molar-refractivity contribution in [3.8, 4) is 5.69 Å². The molecule has 1 aromatic heterocycles. The predicted octanol–water partition coefficient (Wildman–Crippen LogP) is 3.85. The van der Waals surface area contributed by atoms with Gasteiger partial charge in [0, 0.05) is 13.1 Å². The molecule has 29 heavy (non-hydrogen) atoms. The van der Waals surface area contributed by atoms with Gasteiger partial charge in [-0.1, -0.05) is 38.0 Å². The third-order valence-electron chi connectivity index (χ3n) is 6.52. The first-order valence-corrected chi connectivity index (χ1v) is 10.4. The number of nitrogens with zero attached hydrogens (tertiary/aromatic N) is 3. The van der Waals surface area contributed by atoms with E-state index in [2.05, 4.69) is 17.3 Å². The molecule has 2 aromatic rings. The van der Waals surface area contributed by atoms with Crippen molar-refractivity contribution in [2.75, 3.05) is 18.4 Å². The minimum atomic E-state index is -0.769. The van der Waals surface area contributed by atoms with Gasteiger partial charge in [-0.2, -0.15) is 5.10 Å². The van der Waals surface area contributed by atoms with Crippen LogP contribution in [-0.2, 0) is 11.2 Å². The smallest absolute Gasteiger partial charge is 0.321 e. The van der Waals surface area contributed by atoms with Crippen molar-refractivity contribution >= 4 is 17.7 Å². The lowest BCUT2D eigenvalue weighted by Gasteiger charge is -2.23. The Hall–Kier alpha value is -2.83. The summed E-state index contributed by atoms with van der Waals surface area (Å²) in [4.78, 5) is 26.5. The van der Waals surface area contributed by atoms with Crippen molar-refractivity contribution in [3.05, 3.63) is 41.7 Å². The van der Waals surface area contributed by atoms with E-state index in [-0.39, 0.29) is 18.5 Å². The first-order chi connectivity index (χ1) is 14.0. The number of aryl methyl sites for hydroxylation is 1. The molecule has 0 radical (unpaired) electrons. The highest BCUT2D eigenvalue weighted by Gasteiger charge is 2.55. The predicted molar refractivity (Wildman–Crippen MR) is 110 cm³/mol. The molecule has 2 N–H and O–H groups in total. The van der Waals surface area contributed by atoms with Gasteiger partial charge < -0.3 is 15.3 Å². The number of carbonyl (C=O) groups excluding carboxylic acids is 1. The minimum Gasteiger partial charge on any atom is -0.481 e. The number of benzene rings is 1. The zero-order valence-electron chi connectivity index (χ0n) is 17.0. The average Bonchev–Trinajstić information content (AvgIpc) is 3.36. The van der Waals surface area contributed by atoms with Gasteiger partial charge in [-0.15, -0.1) is 0 Å². The summed E-state index contributed by atoms with van der Waals surface area (Å²) in [5.41, 5.74) is 3.00. The molecule has 2 amide bonds. The molecule has 2 fully saturated rings. The van der Waals surface area contributed by atoms with E-state index in [9.17, 15) is 14.7 Å². The quantitative estimate of drug-likeness (QED) is 0.804. The fourth-order valence-electron chi connectivity index (χ4n) is 4.95. The second-order valence-corrected chi connectivity index (χ2v) is 8.31. The molecule has 4 rings (SSSR count). The molecule has 0 spiro atoms. The van der Waals surface area contributed by atoms with Crippen LogP contribution in [0, 0.1) is 18.3 Å². The van der Waals surface area contributed by atoms with Gasteiger partial charge in [-0.05, 0) is 43.7 Å². The standard InChI is InChI=1S/C22H28N4O3/c1-3-7-19-17(12-23-26(19)18-10-5-4-8-15(18)2)24-21(29)25-13-16-9-6-11-22(16,14-25)20(27)28/h4-5,8,10,12,16H,3,6-7,9,11,13-14H2,1-2H3,(H,24,29)(H,27,28)/t16-,22+/m0/s1. The number of para-hydroxylation sites is 1. The Kier molecular flexibility index (Phi) is 5.06. The number of aromatic nitrogens is 2. The molecule has 1 aliphatic carbocycles. The molecule has 1 aromatic carbocycles. The highest BCUT2D eigenvalue weighted by atomic mass is 16.4. The molecule has 7 nitrogen and oxygen atoms in total. The van der Waals surface area contributed by atoms with Crippen molar-refractivity contribution in [1.82, 2.24) is 14.7 Å². The summed E-state index contributed by atoms with van der Waals surface area (Å²) in [7, 11) is 0. The molecule has 154 valence electrons. The molecule has 7 heteroatoms. The van der Waals surface area contributed by atoms with Crippen LogP contribution in [0.25, 0.3) is 5.69 Å². The summed E-state index contributed by atoms with van der Waals surface area (Å²) in [5.74, 6) is -0.718. The first-order valence-electron chi connectivity index (χ1n) is 10.4. The van der Waals surface area contributed by atoms with E-state index in [1.54, 1.807) is 11.1 Å². The summed E-state index contributed by atoms with van der Waals surface area (Å²) in [6, 6.07) is 7.80. The Labute approximate surface area is 170 Å². The first kappa shape index (κ1) is 19.5. The number of hydrogen-bond donors (Lipinski definition) is 2. The van der Waals surface area contributed by atoms with Crippen LogP contribution in [0.2, 0.25) is 0 Å². The van der Waals surface area contributed by atoms with Gasteiger partial charge in [0.05, 0.1) is 28.7 Å². The van der Waals surface area contributed by atoms with Crippen LogP contribution in [0.4, 0.5) is 10.5 Å². The summed E-state index contributed by atoms with van der Waals surface area (Å²) in [6.45, 7) is 4.93. The van der Waals surface area contributed by atoms with Crippen LogP contribution >= 0.6 is 0 Å². The number of nitrogens with one attached hydrogen (secondary N) is 1. The lowest BCUT2D eigenvalue weighted by Crippen LogP contribution is -2.38. The largest absolute Gasteiger partial charge is 0.481 e. The highest BCUT2D eigenvalue weighted by molar-refractivity contribution is 5.91. The van der Waals surface area contributed by atoms with Crippen LogP contribution < -0.4 is 5.32 Å². The number of aliphatic carboxylic acids is 1. The molecule has 2 atom stereocenters. The maximum Gasteiger partial charge on any atom is 0.321 e. The molecule has 2 aliphatic rings. The number of fused-ring (bicyclic) bond motifs is 1. The van der Waals surface area contributed by atoms with Gasteiger partial charge in [0.2, 0.25) is 0 Å².